The summed E-state index contributed by atoms with van der Waals surface area (Å²) >= 11 is 0. The van der Waals surface area contributed by atoms with Gasteiger partial charge in [0, 0.05) is 18.2 Å². The third kappa shape index (κ3) is 4.64. The summed E-state index contributed by atoms with van der Waals surface area (Å²) in [4.78, 5) is 12.7. The van der Waals surface area contributed by atoms with Crippen molar-refractivity contribution < 1.29 is 21.6 Å². The fourth-order valence-corrected chi connectivity index (χ4v) is 3.99. The van der Waals surface area contributed by atoms with Crippen LogP contribution < -0.4 is 10.4 Å². The van der Waals surface area contributed by atoms with Gasteiger partial charge in [0.15, 0.2) is 5.82 Å². The fourth-order valence-electron chi connectivity index (χ4n) is 2.91. The highest BCUT2D eigenvalue weighted by Crippen LogP contribution is 2.37. The van der Waals surface area contributed by atoms with Crippen LogP contribution in [0.25, 0.3) is 11.4 Å². The molecule has 1 aromatic heterocycles. The molecule has 0 atom stereocenters. The predicted molar refractivity (Wildman–Crippen MR) is 97.3 cm³/mol. The molecule has 1 saturated carbocycles. The Labute approximate surface area is 160 Å². The molecule has 0 saturated heterocycles. The van der Waals surface area contributed by atoms with E-state index in [-0.39, 0.29) is 36.3 Å². The van der Waals surface area contributed by atoms with Crippen LogP contribution in [0.15, 0.2) is 29.1 Å². The number of rotatable bonds is 8. The van der Waals surface area contributed by atoms with Crippen molar-refractivity contribution >= 4 is 10.0 Å². The summed E-state index contributed by atoms with van der Waals surface area (Å²) < 4.78 is 67.4. The molecule has 0 radical (unpaired) electrons. The number of sulfonamides is 1. The lowest BCUT2D eigenvalue weighted by atomic mass is 10.1. The molecule has 0 aliphatic heterocycles. The van der Waals surface area contributed by atoms with Crippen LogP contribution in [0, 0.1) is 0 Å². The van der Waals surface area contributed by atoms with Gasteiger partial charge in [0.1, 0.15) is 0 Å². The molecule has 0 unspecified atom stereocenters. The number of nitrogens with one attached hydrogen (secondary N) is 1. The maximum Gasteiger partial charge on any atom is 0.416 e. The lowest BCUT2D eigenvalue weighted by molar-refractivity contribution is -0.137. The van der Waals surface area contributed by atoms with Gasteiger partial charge in [-0.1, -0.05) is 19.1 Å². The molecule has 1 fully saturated rings. The zero-order valence-electron chi connectivity index (χ0n) is 15.2. The van der Waals surface area contributed by atoms with Crippen LogP contribution in [-0.4, -0.2) is 35.1 Å². The molecule has 28 heavy (non-hydrogen) atoms. The van der Waals surface area contributed by atoms with Crippen molar-refractivity contribution in [1.29, 1.82) is 0 Å². The van der Waals surface area contributed by atoms with Crippen molar-refractivity contribution in [3.05, 3.63) is 40.3 Å². The van der Waals surface area contributed by atoms with Crippen LogP contribution in [0.4, 0.5) is 13.2 Å². The zero-order valence-corrected chi connectivity index (χ0v) is 16.1. The van der Waals surface area contributed by atoms with E-state index in [4.69, 9.17) is 0 Å². The van der Waals surface area contributed by atoms with E-state index in [1.165, 1.54) is 16.7 Å². The van der Waals surface area contributed by atoms with Crippen molar-refractivity contribution in [3.63, 3.8) is 0 Å². The summed E-state index contributed by atoms with van der Waals surface area (Å²) in [7, 11) is -3.42. The number of halogens is 3. The quantitative estimate of drug-likeness (QED) is 0.713. The highest BCUT2D eigenvalue weighted by Gasteiger charge is 2.33. The van der Waals surface area contributed by atoms with Crippen molar-refractivity contribution in [1.82, 2.24) is 19.1 Å². The molecular formula is C17H21F3N4O3S. The van der Waals surface area contributed by atoms with Crippen molar-refractivity contribution in [2.45, 2.75) is 44.9 Å². The van der Waals surface area contributed by atoms with Crippen molar-refractivity contribution in [2.24, 2.45) is 0 Å². The summed E-state index contributed by atoms with van der Waals surface area (Å²) in [6, 6.07) is 4.59. The Morgan fingerprint density at radius 1 is 1.29 bits per heavy atom. The van der Waals surface area contributed by atoms with Gasteiger partial charge in [-0.15, -0.1) is 5.10 Å². The normalized spacial score (nSPS) is 15.1. The highest BCUT2D eigenvalue weighted by atomic mass is 32.2. The zero-order chi connectivity index (χ0) is 20.5. The number of nitrogens with zero attached hydrogens (tertiary/aromatic N) is 3. The lowest BCUT2D eigenvalue weighted by Gasteiger charge is -2.09. The second-order valence-electron chi connectivity index (χ2n) is 6.72. The van der Waals surface area contributed by atoms with E-state index in [1.54, 1.807) is 6.92 Å². The Balaban J connectivity index is 1.89. The van der Waals surface area contributed by atoms with Gasteiger partial charge in [-0.05, 0) is 31.4 Å². The van der Waals surface area contributed by atoms with Gasteiger partial charge < -0.3 is 0 Å². The number of hydrogen-bond donors (Lipinski definition) is 1. The maximum atomic E-state index is 13.0. The van der Waals surface area contributed by atoms with Gasteiger partial charge in [0.25, 0.3) is 0 Å². The van der Waals surface area contributed by atoms with E-state index >= 15 is 0 Å². The minimum atomic E-state index is -4.50. The van der Waals surface area contributed by atoms with E-state index in [2.05, 4.69) is 9.82 Å². The minimum Gasteiger partial charge on any atom is -0.272 e. The van der Waals surface area contributed by atoms with Crippen LogP contribution in [0.3, 0.4) is 0 Å². The number of alkyl halides is 3. The Morgan fingerprint density at radius 2 is 2.00 bits per heavy atom. The standard InChI is InChI=1S/C17H21F3N4O3S/c1-2-10-28(26,27)21-8-9-23-16(25)24(14-6-7-14)15(22-23)12-4-3-5-13(11-12)17(18,19)20/h3-5,11,14,21H,2,6-10H2,1H3. The van der Waals surface area contributed by atoms with Gasteiger partial charge in [-0.25, -0.2) is 22.6 Å². The smallest absolute Gasteiger partial charge is 0.272 e. The topological polar surface area (TPSA) is 86.0 Å². The summed E-state index contributed by atoms with van der Waals surface area (Å²) in [5, 5.41) is 4.19. The second-order valence-corrected chi connectivity index (χ2v) is 8.65. The molecule has 0 amide bonds. The van der Waals surface area contributed by atoms with Crippen molar-refractivity contribution in [2.75, 3.05) is 12.3 Å². The monoisotopic (exact) mass is 418 g/mol. The largest absolute Gasteiger partial charge is 0.416 e. The summed E-state index contributed by atoms with van der Waals surface area (Å²) in [6.07, 6.45) is -2.53. The van der Waals surface area contributed by atoms with E-state index in [0.29, 0.717) is 6.42 Å². The molecule has 0 bridgehead atoms. The van der Waals surface area contributed by atoms with E-state index in [9.17, 15) is 26.4 Å². The Hall–Kier alpha value is -2.14. The molecule has 11 heteroatoms. The third-order valence-corrected chi connectivity index (χ3v) is 5.94. The molecule has 1 aliphatic carbocycles. The lowest BCUT2D eigenvalue weighted by Crippen LogP contribution is -2.33. The SMILES string of the molecule is CCCS(=O)(=O)NCCn1nc(-c2cccc(C(F)(F)F)c2)n(C2CC2)c1=O. The molecule has 2 aromatic rings. The molecule has 1 aliphatic rings. The Bertz CT molecular complexity index is 1010. The van der Waals surface area contributed by atoms with Gasteiger partial charge in [-0.2, -0.15) is 13.2 Å². The van der Waals surface area contributed by atoms with E-state index < -0.39 is 27.5 Å². The molecule has 0 spiro atoms. The van der Waals surface area contributed by atoms with Gasteiger partial charge in [0.2, 0.25) is 10.0 Å². The van der Waals surface area contributed by atoms with Crippen LogP contribution in [0.5, 0.6) is 0 Å². The third-order valence-electron chi connectivity index (χ3n) is 4.35. The molecule has 1 heterocycles. The first-order valence-electron chi connectivity index (χ1n) is 8.96. The van der Waals surface area contributed by atoms with Crippen LogP contribution >= 0.6 is 0 Å². The van der Waals surface area contributed by atoms with Crippen LogP contribution in [0.2, 0.25) is 0 Å². The molecule has 1 N–H and O–H groups in total. The van der Waals surface area contributed by atoms with Gasteiger partial charge in [0.05, 0.1) is 17.9 Å². The number of benzene rings is 1. The highest BCUT2D eigenvalue weighted by molar-refractivity contribution is 7.89. The first kappa shape index (κ1) is 20.6. The predicted octanol–water partition coefficient (Wildman–Crippen LogP) is 2.39. The molecule has 7 nitrogen and oxygen atoms in total. The average molecular weight is 418 g/mol. The van der Waals surface area contributed by atoms with Crippen LogP contribution in [-0.2, 0) is 22.7 Å². The Kier molecular flexibility index (Phi) is 5.67. The van der Waals surface area contributed by atoms with Crippen LogP contribution in [0.1, 0.15) is 37.8 Å². The average Bonchev–Trinajstić information content (AvgIpc) is 3.39. The fraction of sp³-hybridized carbons (Fsp3) is 0.529. The summed E-state index contributed by atoms with van der Waals surface area (Å²) in [5.74, 6) is 0.142. The molecule has 154 valence electrons. The maximum absolute atomic E-state index is 13.0. The van der Waals surface area contributed by atoms with E-state index in [1.807, 2.05) is 0 Å². The molecule has 1 aromatic carbocycles. The molecular weight excluding hydrogens is 397 g/mol. The first-order valence-corrected chi connectivity index (χ1v) is 10.6. The number of aromatic nitrogens is 3. The second kappa shape index (κ2) is 7.70. The molecule has 3 rings (SSSR count). The first-order chi connectivity index (χ1) is 13.1. The van der Waals surface area contributed by atoms with E-state index in [0.717, 1.165) is 29.7 Å². The van der Waals surface area contributed by atoms with Gasteiger partial charge in [-0.3, -0.25) is 4.57 Å². The minimum absolute atomic E-state index is 0.00649. The summed E-state index contributed by atoms with van der Waals surface area (Å²) in [5.41, 5.74) is -1.07. The van der Waals surface area contributed by atoms with Crippen molar-refractivity contribution in [3.8, 4) is 11.4 Å². The number of hydrogen-bond acceptors (Lipinski definition) is 4. The Morgan fingerprint density at radius 3 is 2.61 bits per heavy atom. The van der Waals surface area contributed by atoms with Gasteiger partial charge >= 0.3 is 11.9 Å². The summed E-state index contributed by atoms with van der Waals surface area (Å²) in [6.45, 7) is 1.71.